The predicted octanol–water partition coefficient (Wildman–Crippen LogP) is 4.23. The van der Waals surface area contributed by atoms with Crippen molar-refractivity contribution in [1.82, 2.24) is 19.9 Å². The maximum Gasteiger partial charge on any atom is 0.408 e. The molecule has 0 bridgehead atoms. The molecule has 1 amide bonds. The van der Waals surface area contributed by atoms with Gasteiger partial charge in [-0.25, -0.2) is 9.97 Å². The van der Waals surface area contributed by atoms with Crippen molar-refractivity contribution in [2.24, 2.45) is 5.92 Å². The molecule has 37 heavy (non-hydrogen) atoms. The molecule has 0 spiro atoms. The number of ether oxygens (including phenoxy) is 1. The maximum absolute atomic E-state index is 14.0. The van der Waals surface area contributed by atoms with Gasteiger partial charge in [0, 0.05) is 37.6 Å². The van der Waals surface area contributed by atoms with Crippen LogP contribution in [0.3, 0.4) is 0 Å². The summed E-state index contributed by atoms with van der Waals surface area (Å²) >= 11 is 0. The molecule has 1 unspecified atom stereocenters. The Morgan fingerprint density at radius 1 is 1.14 bits per heavy atom. The average molecular weight is 515 g/mol. The SMILES string of the molecule is C=CC(=O)N1CCC(C(Nc2ccc(-c3cc4c(N5CCOCC5)ncnc4[nH]3)cc2)C(F)(F)F)CC1. The Hall–Kier alpha value is -3.60. The minimum atomic E-state index is -4.42. The number of benzene rings is 1. The highest BCUT2D eigenvalue weighted by molar-refractivity contribution is 5.92. The van der Waals surface area contributed by atoms with Gasteiger partial charge < -0.3 is 24.8 Å². The number of amides is 1. The van der Waals surface area contributed by atoms with Gasteiger partial charge in [0.2, 0.25) is 5.91 Å². The van der Waals surface area contributed by atoms with Crippen molar-refractivity contribution in [3.8, 4) is 11.3 Å². The quantitative estimate of drug-likeness (QED) is 0.479. The fourth-order valence-corrected chi connectivity index (χ4v) is 5.08. The van der Waals surface area contributed by atoms with Crippen molar-refractivity contribution >= 4 is 28.4 Å². The van der Waals surface area contributed by atoms with E-state index in [0.29, 0.717) is 37.6 Å². The van der Waals surface area contributed by atoms with Crippen molar-refractivity contribution in [3.05, 3.63) is 49.3 Å². The van der Waals surface area contributed by atoms with Crippen molar-refractivity contribution < 1.29 is 22.7 Å². The third kappa shape index (κ3) is 5.41. The topological polar surface area (TPSA) is 86.4 Å². The van der Waals surface area contributed by atoms with Gasteiger partial charge in [-0.2, -0.15) is 13.2 Å². The van der Waals surface area contributed by atoms with Gasteiger partial charge in [-0.15, -0.1) is 0 Å². The number of aromatic nitrogens is 3. The minimum Gasteiger partial charge on any atom is -0.378 e. The molecule has 8 nitrogen and oxygen atoms in total. The molecule has 0 radical (unpaired) electrons. The molecule has 11 heteroatoms. The normalized spacial score (nSPS) is 18.1. The second-order valence-corrected chi connectivity index (χ2v) is 9.35. The molecule has 1 aromatic carbocycles. The van der Waals surface area contributed by atoms with Gasteiger partial charge in [0.25, 0.3) is 0 Å². The summed E-state index contributed by atoms with van der Waals surface area (Å²) in [6.07, 6.45) is -1.15. The second-order valence-electron chi connectivity index (χ2n) is 9.35. The molecule has 1 atom stereocenters. The smallest absolute Gasteiger partial charge is 0.378 e. The van der Waals surface area contributed by atoms with Crippen LogP contribution < -0.4 is 10.2 Å². The third-order valence-electron chi connectivity index (χ3n) is 7.08. The number of halogens is 3. The number of aromatic amines is 1. The molecule has 2 fully saturated rings. The first-order valence-corrected chi connectivity index (χ1v) is 12.3. The Morgan fingerprint density at radius 2 is 1.84 bits per heavy atom. The lowest BCUT2D eigenvalue weighted by molar-refractivity contribution is -0.157. The Labute approximate surface area is 212 Å². The van der Waals surface area contributed by atoms with Crippen LogP contribution in [-0.4, -0.2) is 77.4 Å². The molecule has 5 rings (SSSR count). The van der Waals surface area contributed by atoms with Crippen LogP contribution in [0.4, 0.5) is 24.7 Å². The number of fused-ring (bicyclic) bond motifs is 1. The molecule has 2 aliphatic rings. The number of piperidine rings is 1. The van der Waals surface area contributed by atoms with Crippen molar-refractivity contribution in [3.63, 3.8) is 0 Å². The minimum absolute atomic E-state index is 0.245. The number of anilines is 2. The predicted molar refractivity (Wildman–Crippen MR) is 135 cm³/mol. The van der Waals surface area contributed by atoms with E-state index in [1.807, 2.05) is 6.07 Å². The molecule has 2 N–H and O–H groups in total. The maximum atomic E-state index is 14.0. The Balaban J connectivity index is 1.31. The van der Waals surface area contributed by atoms with Crippen LogP contribution in [-0.2, 0) is 9.53 Å². The zero-order chi connectivity index (χ0) is 26.0. The summed E-state index contributed by atoms with van der Waals surface area (Å²) in [5.41, 5.74) is 2.73. The van der Waals surface area contributed by atoms with Gasteiger partial charge in [0.1, 0.15) is 23.8 Å². The first kappa shape index (κ1) is 25.1. The monoisotopic (exact) mass is 514 g/mol. The largest absolute Gasteiger partial charge is 0.408 e. The Bertz CT molecular complexity index is 1250. The first-order chi connectivity index (χ1) is 17.8. The van der Waals surface area contributed by atoms with Gasteiger partial charge >= 0.3 is 6.18 Å². The number of morpholine rings is 1. The Kier molecular flexibility index (Phi) is 7.05. The molecule has 4 heterocycles. The number of carbonyl (C=O) groups is 1. The summed E-state index contributed by atoms with van der Waals surface area (Å²) in [6.45, 7) is 6.81. The van der Waals surface area contributed by atoms with E-state index < -0.39 is 18.1 Å². The van der Waals surface area contributed by atoms with Gasteiger partial charge in [-0.1, -0.05) is 18.7 Å². The summed E-state index contributed by atoms with van der Waals surface area (Å²) in [4.78, 5) is 27.6. The summed E-state index contributed by atoms with van der Waals surface area (Å²) in [5, 5.41) is 3.59. The summed E-state index contributed by atoms with van der Waals surface area (Å²) in [7, 11) is 0. The van der Waals surface area contributed by atoms with E-state index in [4.69, 9.17) is 4.74 Å². The molecule has 0 saturated carbocycles. The molecule has 2 aliphatic heterocycles. The third-order valence-corrected chi connectivity index (χ3v) is 7.08. The number of hydrogen-bond acceptors (Lipinski definition) is 6. The molecule has 196 valence electrons. The molecule has 0 aliphatic carbocycles. The van der Waals surface area contributed by atoms with Crippen LogP contribution >= 0.6 is 0 Å². The zero-order valence-electron chi connectivity index (χ0n) is 20.3. The first-order valence-electron chi connectivity index (χ1n) is 12.3. The number of carbonyl (C=O) groups excluding carboxylic acids is 1. The standard InChI is InChI=1S/C26H29F3N6O2/c1-2-22(36)34-9-7-18(8-10-34)23(26(27,28)29)32-19-5-3-17(4-6-19)21-15-20-24(33-21)30-16-31-25(20)35-11-13-37-14-12-35/h2-6,15-16,18,23,32H,1,7-14H2,(H,30,31,33). The number of H-pyrrole nitrogens is 1. The molecular weight excluding hydrogens is 485 g/mol. The van der Waals surface area contributed by atoms with E-state index in [2.05, 4.69) is 31.7 Å². The van der Waals surface area contributed by atoms with Gasteiger partial charge in [0.05, 0.1) is 18.6 Å². The van der Waals surface area contributed by atoms with Crippen LogP contribution in [0.15, 0.2) is 49.3 Å². The summed E-state index contributed by atoms with van der Waals surface area (Å²) in [6, 6.07) is 7.16. The molecule has 2 saturated heterocycles. The number of hydrogen-bond donors (Lipinski definition) is 2. The van der Waals surface area contributed by atoms with E-state index in [-0.39, 0.29) is 18.7 Å². The highest BCUT2D eigenvalue weighted by Crippen LogP contribution is 2.35. The number of nitrogens with one attached hydrogen (secondary N) is 2. The van der Waals surface area contributed by atoms with Crippen molar-refractivity contribution in [1.29, 1.82) is 0 Å². The zero-order valence-corrected chi connectivity index (χ0v) is 20.3. The van der Waals surface area contributed by atoms with Gasteiger partial charge in [-0.3, -0.25) is 4.79 Å². The second kappa shape index (κ2) is 10.4. The van der Waals surface area contributed by atoms with Crippen molar-refractivity contribution in [2.75, 3.05) is 49.6 Å². The average Bonchev–Trinajstić information content (AvgIpc) is 3.36. The van der Waals surface area contributed by atoms with Gasteiger partial charge in [-0.05, 0) is 48.6 Å². The van der Waals surface area contributed by atoms with E-state index in [1.54, 1.807) is 29.2 Å². The fourth-order valence-electron chi connectivity index (χ4n) is 5.08. The van der Waals surface area contributed by atoms with Crippen LogP contribution in [0.25, 0.3) is 22.3 Å². The van der Waals surface area contributed by atoms with E-state index in [0.717, 1.165) is 35.6 Å². The van der Waals surface area contributed by atoms with E-state index in [9.17, 15) is 18.0 Å². The highest BCUT2D eigenvalue weighted by atomic mass is 19.4. The highest BCUT2D eigenvalue weighted by Gasteiger charge is 2.45. The fraction of sp³-hybridized carbons (Fsp3) is 0.423. The van der Waals surface area contributed by atoms with Gasteiger partial charge in [0.15, 0.2) is 0 Å². The molecular formula is C26H29F3N6O2. The Morgan fingerprint density at radius 3 is 2.49 bits per heavy atom. The van der Waals surface area contributed by atoms with Crippen molar-refractivity contribution in [2.45, 2.75) is 25.1 Å². The summed E-state index contributed by atoms with van der Waals surface area (Å²) in [5.74, 6) is -0.0343. The number of likely N-dealkylation sites (tertiary alicyclic amines) is 1. The molecule has 2 aromatic heterocycles. The number of nitrogens with zero attached hydrogens (tertiary/aromatic N) is 4. The van der Waals surface area contributed by atoms with Crippen LogP contribution in [0.2, 0.25) is 0 Å². The number of rotatable bonds is 6. The lowest BCUT2D eigenvalue weighted by atomic mass is 9.88. The van der Waals surface area contributed by atoms with Crippen LogP contribution in [0.1, 0.15) is 12.8 Å². The van der Waals surface area contributed by atoms with E-state index in [1.165, 1.54) is 12.4 Å². The summed E-state index contributed by atoms with van der Waals surface area (Å²) < 4.78 is 47.4. The molecule has 3 aromatic rings. The van der Waals surface area contributed by atoms with Crippen LogP contribution in [0.5, 0.6) is 0 Å². The lowest BCUT2D eigenvalue weighted by Crippen LogP contribution is -2.48. The van der Waals surface area contributed by atoms with E-state index >= 15 is 0 Å². The van der Waals surface area contributed by atoms with Crippen LogP contribution in [0, 0.1) is 5.92 Å². The number of alkyl halides is 3. The lowest BCUT2D eigenvalue weighted by Gasteiger charge is -2.37.